The highest BCUT2D eigenvalue weighted by Gasteiger charge is 2.51. The maximum absolute atomic E-state index is 12.3. The average molecular weight is 266 g/mol. The fourth-order valence-corrected chi connectivity index (χ4v) is 3.43. The van der Waals surface area contributed by atoms with Crippen LogP contribution in [0, 0.1) is 23.7 Å². The number of hydrogen-bond donors (Lipinski definition) is 1. The molecule has 1 aliphatic heterocycles. The molecule has 4 nitrogen and oxygen atoms in total. The normalized spacial score (nSPS) is 31.9. The standard InChI is InChI=1S/C15H26N2O2/c1-4-5-16-8-11(3)9-17-14(18)12-6-10(2)7-13(12)15(17)19/h10-13,16H,4-9H2,1-3H3. The fraction of sp³-hybridized carbons (Fsp3) is 0.867. The SMILES string of the molecule is CCCNCC(C)CN1C(=O)C2CC(C)CC2C1=O. The van der Waals surface area contributed by atoms with Gasteiger partial charge >= 0.3 is 0 Å². The van der Waals surface area contributed by atoms with Crippen molar-refractivity contribution >= 4 is 11.8 Å². The van der Waals surface area contributed by atoms with E-state index in [2.05, 4.69) is 26.1 Å². The van der Waals surface area contributed by atoms with Crippen LogP contribution in [0.25, 0.3) is 0 Å². The van der Waals surface area contributed by atoms with Gasteiger partial charge in [0.25, 0.3) is 0 Å². The number of rotatable bonds is 6. The fourth-order valence-electron chi connectivity index (χ4n) is 3.43. The number of amides is 2. The van der Waals surface area contributed by atoms with Gasteiger partial charge in [0.05, 0.1) is 11.8 Å². The lowest BCUT2D eigenvalue weighted by atomic mass is 10.00. The van der Waals surface area contributed by atoms with E-state index < -0.39 is 0 Å². The molecule has 0 spiro atoms. The van der Waals surface area contributed by atoms with Crippen LogP contribution in [0.2, 0.25) is 0 Å². The van der Waals surface area contributed by atoms with Crippen LogP contribution in [0.5, 0.6) is 0 Å². The Hall–Kier alpha value is -0.900. The number of likely N-dealkylation sites (tertiary alicyclic amines) is 1. The topological polar surface area (TPSA) is 49.4 Å². The van der Waals surface area contributed by atoms with Gasteiger partial charge in [0.15, 0.2) is 0 Å². The van der Waals surface area contributed by atoms with E-state index in [9.17, 15) is 9.59 Å². The van der Waals surface area contributed by atoms with Crippen molar-refractivity contribution in [3.05, 3.63) is 0 Å². The van der Waals surface area contributed by atoms with Crippen molar-refractivity contribution in [3.63, 3.8) is 0 Å². The molecule has 0 aromatic rings. The summed E-state index contributed by atoms with van der Waals surface area (Å²) in [5, 5.41) is 3.35. The first kappa shape index (κ1) is 14.5. The zero-order chi connectivity index (χ0) is 14.0. The van der Waals surface area contributed by atoms with Gasteiger partial charge in [0, 0.05) is 6.54 Å². The first-order valence-electron chi connectivity index (χ1n) is 7.60. The summed E-state index contributed by atoms with van der Waals surface area (Å²) in [6.07, 6.45) is 2.90. The van der Waals surface area contributed by atoms with E-state index in [1.54, 1.807) is 0 Å². The maximum Gasteiger partial charge on any atom is 0.233 e. The molecular formula is C15H26N2O2. The minimum Gasteiger partial charge on any atom is -0.316 e. The predicted octanol–water partition coefficient (Wildman–Crippen LogP) is 1.65. The summed E-state index contributed by atoms with van der Waals surface area (Å²) in [5.74, 6) is 0.990. The molecule has 3 unspecified atom stereocenters. The van der Waals surface area contributed by atoms with E-state index in [1.165, 1.54) is 4.90 Å². The molecule has 1 N–H and O–H groups in total. The predicted molar refractivity (Wildman–Crippen MR) is 74.4 cm³/mol. The molecule has 0 aromatic carbocycles. The highest BCUT2D eigenvalue weighted by atomic mass is 16.2. The number of nitrogens with zero attached hydrogens (tertiary/aromatic N) is 1. The number of imide groups is 1. The second-order valence-corrected chi connectivity index (χ2v) is 6.39. The molecular weight excluding hydrogens is 240 g/mol. The molecule has 3 atom stereocenters. The molecule has 108 valence electrons. The third-order valence-corrected chi connectivity index (χ3v) is 4.38. The third kappa shape index (κ3) is 2.99. The number of carbonyl (C=O) groups is 2. The highest BCUT2D eigenvalue weighted by molar-refractivity contribution is 6.05. The van der Waals surface area contributed by atoms with E-state index in [-0.39, 0.29) is 23.7 Å². The molecule has 0 bridgehead atoms. The van der Waals surface area contributed by atoms with Gasteiger partial charge in [-0.25, -0.2) is 0 Å². The van der Waals surface area contributed by atoms with Gasteiger partial charge in [-0.1, -0.05) is 20.8 Å². The van der Waals surface area contributed by atoms with Crippen molar-refractivity contribution < 1.29 is 9.59 Å². The quantitative estimate of drug-likeness (QED) is 0.587. The summed E-state index contributed by atoms with van der Waals surface area (Å²) >= 11 is 0. The summed E-state index contributed by atoms with van der Waals surface area (Å²) in [6.45, 7) is 8.81. The van der Waals surface area contributed by atoms with Crippen LogP contribution >= 0.6 is 0 Å². The molecule has 2 fully saturated rings. The van der Waals surface area contributed by atoms with Crippen molar-refractivity contribution in [2.24, 2.45) is 23.7 Å². The largest absolute Gasteiger partial charge is 0.316 e. The molecule has 1 aliphatic carbocycles. The van der Waals surface area contributed by atoms with E-state index in [0.717, 1.165) is 32.4 Å². The van der Waals surface area contributed by atoms with Gasteiger partial charge in [-0.05, 0) is 44.2 Å². The summed E-state index contributed by atoms with van der Waals surface area (Å²) in [5.41, 5.74) is 0. The monoisotopic (exact) mass is 266 g/mol. The number of hydrogen-bond acceptors (Lipinski definition) is 3. The van der Waals surface area contributed by atoms with Crippen LogP contribution in [-0.4, -0.2) is 36.3 Å². The molecule has 1 saturated heterocycles. The Labute approximate surface area is 115 Å². The lowest BCUT2D eigenvalue weighted by Crippen LogP contribution is -2.38. The zero-order valence-electron chi connectivity index (χ0n) is 12.3. The van der Waals surface area contributed by atoms with Gasteiger partial charge in [0.2, 0.25) is 11.8 Å². The van der Waals surface area contributed by atoms with Crippen LogP contribution in [0.15, 0.2) is 0 Å². The minimum atomic E-state index is -0.0155. The molecule has 0 aromatic heterocycles. The van der Waals surface area contributed by atoms with Gasteiger partial charge in [-0.3, -0.25) is 14.5 Å². The summed E-state index contributed by atoms with van der Waals surface area (Å²) < 4.78 is 0. The van der Waals surface area contributed by atoms with Gasteiger partial charge in [0.1, 0.15) is 0 Å². The van der Waals surface area contributed by atoms with Gasteiger partial charge in [-0.15, -0.1) is 0 Å². The Balaban J connectivity index is 1.88. The Bertz CT molecular complexity index is 332. The van der Waals surface area contributed by atoms with E-state index in [0.29, 0.717) is 18.4 Å². The van der Waals surface area contributed by atoms with Crippen LogP contribution in [0.4, 0.5) is 0 Å². The Morgan fingerprint density at radius 2 is 1.84 bits per heavy atom. The van der Waals surface area contributed by atoms with Crippen molar-refractivity contribution in [3.8, 4) is 0 Å². The second-order valence-electron chi connectivity index (χ2n) is 6.39. The lowest BCUT2D eigenvalue weighted by molar-refractivity contribution is -0.141. The van der Waals surface area contributed by atoms with E-state index in [4.69, 9.17) is 0 Å². The van der Waals surface area contributed by atoms with Crippen LogP contribution in [-0.2, 0) is 9.59 Å². The average Bonchev–Trinajstić information content (AvgIpc) is 2.84. The van der Waals surface area contributed by atoms with Crippen molar-refractivity contribution in [1.82, 2.24) is 10.2 Å². The van der Waals surface area contributed by atoms with Crippen LogP contribution < -0.4 is 5.32 Å². The van der Waals surface area contributed by atoms with Crippen molar-refractivity contribution in [1.29, 1.82) is 0 Å². The number of nitrogens with one attached hydrogen (secondary N) is 1. The molecule has 1 heterocycles. The summed E-state index contributed by atoms with van der Waals surface area (Å²) in [4.78, 5) is 26.1. The first-order valence-corrected chi connectivity index (χ1v) is 7.60. The number of fused-ring (bicyclic) bond motifs is 1. The second kappa shape index (κ2) is 6.04. The summed E-state index contributed by atoms with van der Waals surface area (Å²) in [7, 11) is 0. The van der Waals surface area contributed by atoms with Crippen LogP contribution in [0.3, 0.4) is 0 Å². The molecule has 4 heteroatoms. The third-order valence-electron chi connectivity index (χ3n) is 4.38. The molecule has 2 amide bonds. The molecule has 0 radical (unpaired) electrons. The lowest BCUT2D eigenvalue weighted by Gasteiger charge is -2.21. The van der Waals surface area contributed by atoms with Gasteiger partial charge < -0.3 is 5.32 Å². The zero-order valence-corrected chi connectivity index (χ0v) is 12.3. The Morgan fingerprint density at radius 1 is 1.26 bits per heavy atom. The highest BCUT2D eigenvalue weighted by Crippen LogP contribution is 2.42. The van der Waals surface area contributed by atoms with Crippen molar-refractivity contribution in [2.45, 2.75) is 40.0 Å². The Kier molecular flexibility index (Phi) is 4.61. The molecule has 2 aliphatic rings. The molecule has 19 heavy (non-hydrogen) atoms. The molecule has 2 rings (SSSR count). The smallest absolute Gasteiger partial charge is 0.233 e. The van der Waals surface area contributed by atoms with E-state index >= 15 is 0 Å². The number of carbonyl (C=O) groups excluding carboxylic acids is 2. The Morgan fingerprint density at radius 3 is 2.37 bits per heavy atom. The van der Waals surface area contributed by atoms with Gasteiger partial charge in [-0.2, -0.15) is 0 Å². The molecule has 1 saturated carbocycles. The van der Waals surface area contributed by atoms with Crippen LogP contribution in [0.1, 0.15) is 40.0 Å². The van der Waals surface area contributed by atoms with E-state index in [1.807, 2.05) is 0 Å². The first-order chi connectivity index (χ1) is 9.04. The van der Waals surface area contributed by atoms with Crippen molar-refractivity contribution in [2.75, 3.05) is 19.6 Å². The summed E-state index contributed by atoms with van der Waals surface area (Å²) in [6, 6.07) is 0. The maximum atomic E-state index is 12.3. The minimum absolute atomic E-state index is 0.0155.